The molecule has 4 saturated heterocycles. The van der Waals surface area contributed by atoms with Gasteiger partial charge in [-0.2, -0.15) is 0 Å². The van der Waals surface area contributed by atoms with Crippen LogP contribution in [0, 0.1) is 52.4 Å². The van der Waals surface area contributed by atoms with Gasteiger partial charge in [-0.25, -0.2) is 39.5 Å². The van der Waals surface area contributed by atoms with Gasteiger partial charge in [0.1, 0.15) is 29.5 Å². The Kier molecular flexibility index (Phi) is 35.1. The van der Waals surface area contributed by atoms with Gasteiger partial charge in [0.15, 0.2) is 34.9 Å². The molecule has 495 valence electrons. The number of aliphatic carboxylic acids is 1. The number of piperazine rings is 4. The number of benzene rings is 3. The Morgan fingerprint density at radius 3 is 1.26 bits per heavy atom. The Labute approximate surface area is 538 Å². The summed E-state index contributed by atoms with van der Waals surface area (Å²) < 4.78 is 125. The zero-order valence-corrected chi connectivity index (χ0v) is 54.2. The first-order valence-corrected chi connectivity index (χ1v) is 29.0. The van der Waals surface area contributed by atoms with Gasteiger partial charge < -0.3 is 67.9 Å². The van der Waals surface area contributed by atoms with Crippen LogP contribution in [0.3, 0.4) is 0 Å². The first-order valence-electron chi connectivity index (χ1n) is 29.0. The first-order chi connectivity index (χ1) is 41.5. The summed E-state index contributed by atoms with van der Waals surface area (Å²) in [6.07, 6.45) is 1.76. The molecule has 0 bridgehead atoms. The normalized spacial score (nSPS) is 19.2. The Morgan fingerprint density at radius 1 is 0.539 bits per heavy atom. The Hall–Kier alpha value is -5.82. The summed E-state index contributed by atoms with van der Waals surface area (Å²) in [5.74, 6) is -11.8. The molecule has 0 saturated carbocycles. The third-order valence-electron chi connectivity index (χ3n) is 14.2. The van der Waals surface area contributed by atoms with E-state index in [4.69, 9.17) is 15.6 Å². The van der Waals surface area contributed by atoms with Crippen molar-refractivity contribution >= 4 is 41.4 Å². The van der Waals surface area contributed by atoms with Crippen molar-refractivity contribution in [3.8, 4) is 0 Å². The quantitative estimate of drug-likeness (QED) is 0.0608. The number of nitrogens with zero attached hydrogens (tertiary/aromatic N) is 2. The van der Waals surface area contributed by atoms with Gasteiger partial charge in [-0.05, 0) is 108 Å². The summed E-state index contributed by atoms with van der Waals surface area (Å²) >= 11 is 0. The SMILES string of the molecule is CC(C)(C)OC[C@@H]1C(=O)NCCN1C(=O)C[C@H](N)Cc1cc(F)c(F)cc1F.CC[C@@H]1C(=O)NCCN1C(=O)C[C@@H](Cc1cc(F)c(F)cc1F)NC.CC[C@H]1NCCNC1=O.CC[C@H]1NCCNC1=O.CN[C@@H](CC(=O)O)Cc1cc(F)c(F)cc1F.[Y]. The smallest absolute Gasteiger partial charge is 0.304 e. The molecule has 4 heterocycles. The maximum Gasteiger partial charge on any atom is 0.304 e. The van der Waals surface area contributed by atoms with E-state index in [1.807, 2.05) is 41.5 Å². The number of carboxylic acids is 1. The second-order valence-corrected chi connectivity index (χ2v) is 22.0. The van der Waals surface area contributed by atoms with E-state index in [1.165, 1.54) is 16.8 Å². The van der Waals surface area contributed by atoms with Crippen molar-refractivity contribution in [2.24, 2.45) is 5.73 Å². The van der Waals surface area contributed by atoms with Crippen LogP contribution in [0.2, 0.25) is 0 Å². The molecule has 4 aliphatic rings. The fourth-order valence-electron chi connectivity index (χ4n) is 9.36. The largest absolute Gasteiger partial charge is 0.481 e. The standard InChI is InChI=1S/C19H26F3N3O3.C17H22F3N3O2.C11H12F3NO2.2C6H12N2O.Y/c1-19(2,3)28-10-16-18(27)24-4-5-25(16)17(26)8-12(23)6-11-7-14(21)15(22)9-13(11)20;1-3-15-17(25)22-4-5-23(15)16(24)8-11(21-2)6-10-7-13(19)14(20)9-12(10)18;1-15-7(4-11(16)17)2-6-3-9(13)10(14)5-8(6)12;2*1-2-5-6(9)8-4-3-7-5;/h7,9,12,16H,4-6,8,10,23H2,1-3H3,(H,24,27);7,9,11,15,21H,3-6,8H2,1-2H3,(H,22,25);3,5,7,15H,2,4H2,1H3,(H,16,17);2*5,7H,2-4H2,1H3,(H,8,9);/t12-,16-;11-,15-;7-;2*5-;/m11111./s1. The molecular formula is C59H84F9N11O9Y. The van der Waals surface area contributed by atoms with Crippen LogP contribution < -0.4 is 48.3 Å². The van der Waals surface area contributed by atoms with Crippen LogP contribution in [0.25, 0.3) is 0 Å². The minimum absolute atomic E-state index is 0. The number of ether oxygens (including phenoxy) is 1. The van der Waals surface area contributed by atoms with Crippen LogP contribution in [0.4, 0.5) is 39.5 Å². The average molecular weight is 1350 g/mol. The molecule has 7 rings (SSSR count). The summed E-state index contributed by atoms with van der Waals surface area (Å²) in [7, 11) is 3.13. The Balaban J connectivity index is 0.000000403. The molecule has 0 unspecified atom stereocenters. The number of carbonyl (C=O) groups excluding carboxylic acids is 6. The number of rotatable bonds is 19. The topological polar surface area (TPSA) is 278 Å². The number of halogens is 9. The first kappa shape index (κ1) is 79.3. The zero-order chi connectivity index (χ0) is 66.0. The van der Waals surface area contributed by atoms with E-state index in [-0.39, 0.29) is 142 Å². The number of hydrogen-bond donors (Lipinski definition) is 10. The van der Waals surface area contributed by atoms with Crippen molar-refractivity contribution in [1.82, 2.24) is 52.3 Å². The fraction of sp³-hybridized carbons (Fsp3) is 0.576. The molecule has 3 aromatic carbocycles. The number of carbonyl (C=O) groups is 7. The third-order valence-corrected chi connectivity index (χ3v) is 14.2. The molecule has 20 nitrogen and oxygen atoms in total. The molecule has 4 fully saturated rings. The molecule has 0 aromatic heterocycles. The van der Waals surface area contributed by atoms with Gasteiger partial charge in [0.25, 0.3) is 0 Å². The minimum Gasteiger partial charge on any atom is -0.481 e. The Bertz CT molecular complexity index is 2800. The van der Waals surface area contributed by atoms with E-state index in [0.29, 0.717) is 50.8 Å². The van der Waals surface area contributed by atoms with Gasteiger partial charge >= 0.3 is 5.97 Å². The molecule has 6 amide bonds. The molecule has 89 heavy (non-hydrogen) atoms. The maximum atomic E-state index is 13.8. The van der Waals surface area contributed by atoms with Gasteiger partial charge in [0.05, 0.1) is 30.7 Å². The molecule has 11 N–H and O–H groups in total. The van der Waals surface area contributed by atoms with Crippen molar-refractivity contribution in [1.29, 1.82) is 0 Å². The van der Waals surface area contributed by atoms with Gasteiger partial charge in [-0.1, -0.05) is 20.8 Å². The van der Waals surface area contributed by atoms with Crippen LogP contribution in [0.5, 0.6) is 0 Å². The van der Waals surface area contributed by atoms with E-state index in [9.17, 15) is 73.1 Å². The number of nitrogens with one attached hydrogen (secondary N) is 8. The van der Waals surface area contributed by atoms with Crippen molar-refractivity contribution in [2.75, 3.05) is 73.1 Å². The summed E-state index contributed by atoms with van der Waals surface area (Å²) in [5.41, 5.74) is 5.29. The number of nitrogens with two attached hydrogens (primary N) is 1. The van der Waals surface area contributed by atoms with Gasteiger partial charge in [0, 0.05) is 134 Å². The average Bonchev–Trinajstić information content (AvgIpc) is 2.90. The molecule has 7 atom stereocenters. The van der Waals surface area contributed by atoms with Gasteiger partial charge in [-0.3, -0.25) is 33.6 Å². The van der Waals surface area contributed by atoms with Crippen molar-refractivity contribution in [3.05, 3.63) is 105 Å². The zero-order valence-electron chi connectivity index (χ0n) is 51.4. The van der Waals surface area contributed by atoms with Crippen molar-refractivity contribution in [2.45, 2.75) is 147 Å². The van der Waals surface area contributed by atoms with Crippen molar-refractivity contribution < 1.29 is 116 Å². The number of amides is 6. The van der Waals surface area contributed by atoms with Gasteiger partial charge in [-0.15, -0.1) is 0 Å². The summed E-state index contributed by atoms with van der Waals surface area (Å²) in [4.78, 5) is 84.4. The number of hydrogen-bond acceptors (Lipinski definition) is 13. The maximum absolute atomic E-state index is 13.8. The van der Waals surface area contributed by atoms with E-state index in [0.717, 1.165) is 57.2 Å². The Morgan fingerprint density at radius 2 is 0.899 bits per heavy atom. The van der Waals surface area contributed by atoms with Crippen LogP contribution in [-0.4, -0.2) is 177 Å². The van der Waals surface area contributed by atoms with E-state index in [1.54, 1.807) is 7.05 Å². The summed E-state index contributed by atoms with van der Waals surface area (Å²) in [6.45, 7) is 16.2. The van der Waals surface area contributed by atoms with Gasteiger partial charge in [0.2, 0.25) is 35.4 Å². The second kappa shape index (κ2) is 39.4. The monoisotopic (exact) mass is 1350 g/mol. The minimum atomic E-state index is -1.29. The van der Waals surface area contributed by atoms with Crippen LogP contribution in [-0.2, 0) is 90.3 Å². The van der Waals surface area contributed by atoms with E-state index >= 15 is 0 Å². The molecule has 4 aliphatic heterocycles. The molecule has 3 aromatic rings. The van der Waals surface area contributed by atoms with Crippen LogP contribution in [0.1, 0.15) is 96.8 Å². The predicted molar refractivity (Wildman–Crippen MR) is 308 cm³/mol. The van der Waals surface area contributed by atoms with Crippen molar-refractivity contribution in [3.63, 3.8) is 0 Å². The van der Waals surface area contributed by atoms with E-state index in [2.05, 4.69) is 42.5 Å². The second-order valence-electron chi connectivity index (χ2n) is 22.0. The van der Waals surface area contributed by atoms with E-state index < -0.39 is 94.1 Å². The molecule has 0 aliphatic carbocycles. The van der Waals surface area contributed by atoms with Crippen LogP contribution in [0.15, 0.2) is 36.4 Å². The number of carboxylic acid groups (broad SMARTS) is 1. The number of likely N-dealkylation sites (N-methyl/N-ethyl adjacent to an activating group) is 2. The molecular weight excluding hydrogens is 1270 g/mol. The predicted octanol–water partition coefficient (Wildman–Crippen LogP) is 3.54. The molecule has 1 radical (unpaired) electrons. The summed E-state index contributed by atoms with van der Waals surface area (Å²) in [5, 5.41) is 31.4. The third kappa shape index (κ3) is 26.9. The summed E-state index contributed by atoms with van der Waals surface area (Å²) in [6, 6.07) is 0.697. The fourth-order valence-corrected chi connectivity index (χ4v) is 9.36. The van der Waals surface area contributed by atoms with Crippen LogP contribution >= 0.6 is 0 Å². The molecule has 0 spiro atoms. The molecule has 30 heteroatoms.